The summed E-state index contributed by atoms with van der Waals surface area (Å²) < 4.78 is 27.5. The van der Waals surface area contributed by atoms with Crippen LogP contribution in [0.5, 0.6) is 0 Å². The van der Waals surface area contributed by atoms with Gasteiger partial charge < -0.3 is 18.4 Å². The van der Waals surface area contributed by atoms with Crippen molar-refractivity contribution < 1.29 is 18.1 Å². The van der Waals surface area contributed by atoms with Gasteiger partial charge in [0.1, 0.15) is 0 Å². The molecule has 5 nitrogen and oxygen atoms in total. The minimum atomic E-state index is 0.354. The first kappa shape index (κ1) is 23.7. The first-order chi connectivity index (χ1) is 16.6. The first-order valence-electron chi connectivity index (χ1n) is 10.7. The highest BCUT2D eigenvalue weighted by Crippen LogP contribution is 2.48. The fraction of sp³-hybridized carbons (Fsp3) is 0.160. The van der Waals surface area contributed by atoms with Crippen molar-refractivity contribution in [2.45, 2.75) is 24.1 Å². The van der Waals surface area contributed by atoms with Gasteiger partial charge in [0.15, 0.2) is 0 Å². The zero-order valence-electron chi connectivity index (χ0n) is 18.3. The fourth-order valence-corrected chi connectivity index (χ4v) is 6.23. The Labute approximate surface area is 215 Å². The Bertz CT molecular complexity index is 1430. The van der Waals surface area contributed by atoms with Crippen LogP contribution in [0, 0.1) is 0 Å². The largest absolute Gasteiger partial charge is 0.398 e. The Kier molecular flexibility index (Phi) is 7.15. The molecule has 0 saturated heterocycles. The van der Waals surface area contributed by atoms with Gasteiger partial charge in [-0.05, 0) is 53.8 Å². The number of halogens is 1. The average molecular weight is 530 g/mol. The molecule has 1 aliphatic rings. The minimum absolute atomic E-state index is 0.354. The van der Waals surface area contributed by atoms with E-state index in [9.17, 15) is 9.11 Å². The third-order valence-corrected chi connectivity index (χ3v) is 7.80. The number of allylic oxidation sites excluding steroid dienone is 2. The summed E-state index contributed by atoms with van der Waals surface area (Å²) in [4.78, 5) is 3.16. The number of benzene rings is 3. The zero-order valence-corrected chi connectivity index (χ0v) is 21.5. The fourth-order valence-electron chi connectivity index (χ4n) is 4.10. The van der Waals surface area contributed by atoms with Gasteiger partial charge >= 0.3 is 5.89 Å². The molecule has 34 heavy (non-hydrogen) atoms. The van der Waals surface area contributed by atoms with Crippen LogP contribution in [0.1, 0.15) is 19.2 Å². The molecule has 0 saturated carbocycles. The van der Waals surface area contributed by atoms with E-state index in [1.807, 2.05) is 47.0 Å². The molecule has 0 aliphatic carbocycles. The van der Waals surface area contributed by atoms with E-state index in [2.05, 4.69) is 36.1 Å². The van der Waals surface area contributed by atoms with Gasteiger partial charge in [0, 0.05) is 22.0 Å². The zero-order chi connectivity index (χ0) is 23.7. The van der Waals surface area contributed by atoms with Crippen molar-refractivity contribution in [3.63, 3.8) is 0 Å². The SMILES string of the molecule is CCC(=Cc1oc2ccc3ccccc3c2[n+]1CSO)C=C1Sc2ccc(Cl)cc2N1CSO. The molecule has 5 rings (SSSR count). The molecule has 0 atom stereocenters. The van der Waals surface area contributed by atoms with Crippen LogP contribution in [-0.4, -0.2) is 15.0 Å². The summed E-state index contributed by atoms with van der Waals surface area (Å²) >= 11 is 9.43. The molecule has 2 heterocycles. The smallest absolute Gasteiger partial charge is 0.375 e. The molecule has 3 aromatic carbocycles. The summed E-state index contributed by atoms with van der Waals surface area (Å²) in [5.74, 6) is 1.43. The lowest BCUT2D eigenvalue weighted by Gasteiger charge is -2.18. The number of oxazole rings is 1. The lowest BCUT2D eigenvalue weighted by atomic mass is 10.1. The van der Waals surface area contributed by atoms with Crippen molar-refractivity contribution in [1.29, 1.82) is 0 Å². The van der Waals surface area contributed by atoms with Crippen LogP contribution in [0.4, 0.5) is 5.69 Å². The molecule has 2 N–H and O–H groups in total. The van der Waals surface area contributed by atoms with E-state index in [-0.39, 0.29) is 0 Å². The van der Waals surface area contributed by atoms with Crippen molar-refractivity contribution in [2.24, 2.45) is 0 Å². The summed E-state index contributed by atoms with van der Waals surface area (Å²) in [6.45, 7) is 2.10. The van der Waals surface area contributed by atoms with Gasteiger partial charge in [-0.25, -0.2) is 0 Å². The van der Waals surface area contributed by atoms with Crippen molar-refractivity contribution in [3.8, 4) is 0 Å². The molecule has 0 spiro atoms. The third-order valence-electron chi connectivity index (χ3n) is 5.71. The number of hydrogen-bond acceptors (Lipinski definition) is 7. The topological polar surface area (TPSA) is 60.7 Å². The molecular weight excluding hydrogens is 508 g/mol. The van der Waals surface area contributed by atoms with E-state index in [0.717, 1.165) is 73.6 Å². The quantitative estimate of drug-likeness (QED) is 0.185. The monoisotopic (exact) mass is 529 g/mol. The maximum absolute atomic E-state index is 9.71. The Morgan fingerprint density at radius 2 is 2.00 bits per heavy atom. The summed E-state index contributed by atoms with van der Waals surface area (Å²) in [7, 11) is 0. The average Bonchev–Trinajstić information content (AvgIpc) is 3.37. The summed E-state index contributed by atoms with van der Waals surface area (Å²) in [5.41, 5.74) is 3.79. The van der Waals surface area contributed by atoms with Crippen LogP contribution in [0.25, 0.3) is 27.9 Å². The number of thioether (sulfide) groups is 1. The Morgan fingerprint density at radius 1 is 1.15 bits per heavy atom. The standard InChI is InChI=1S/C25H21ClN2O3S3/c1-2-16(12-24-27(14-32-29)20-13-18(26)8-10-22(20)34-24)11-23-28(15-33-30)25-19-6-4-3-5-17(19)7-9-21(25)31-23/h3-13H,2,14-15H2,1H3,(H-,29,30)/p+1. The van der Waals surface area contributed by atoms with Crippen LogP contribution < -0.4 is 9.47 Å². The van der Waals surface area contributed by atoms with Gasteiger partial charge in [-0.1, -0.05) is 54.6 Å². The molecule has 9 heteroatoms. The second kappa shape index (κ2) is 10.3. The van der Waals surface area contributed by atoms with Crippen LogP contribution in [-0.2, 0) is 5.88 Å². The van der Waals surface area contributed by atoms with E-state index in [4.69, 9.17) is 16.0 Å². The van der Waals surface area contributed by atoms with E-state index in [0.29, 0.717) is 22.7 Å². The van der Waals surface area contributed by atoms with E-state index in [1.165, 1.54) is 0 Å². The predicted octanol–water partition coefficient (Wildman–Crippen LogP) is 8.10. The third kappa shape index (κ3) is 4.46. The van der Waals surface area contributed by atoms with E-state index in [1.54, 1.807) is 11.8 Å². The number of anilines is 1. The number of aromatic nitrogens is 1. The normalized spacial score (nSPS) is 15.1. The molecule has 0 radical (unpaired) electrons. The van der Waals surface area contributed by atoms with Crippen LogP contribution in [0.2, 0.25) is 5.02 Å². The van der Waals surface area contributed by atoms with E-state index >= 15 is 0 Å². The van der Waals surface area contributed by atoms with Gasteiger partial charge in [-0.3, -0.25) is 0 Å². The van der Waals surface area contributed by atoms with Crippen LogP contribution in [0.15, 0.2) is 80.6 Å². The molecule has 174 valence electrons. The summed E-state index contributed by atoms with van der Waals surface area (Å²) in [6, 6.07) is 18.0. The van der Waals surface area contributed by atoms with Crippen molar-refractivity contribution in [1.82, 2.24) is 0 Å². The van der Waals surface area contributed by atoms with E-state index < -0.39 is 0 Å². The molecule has 4 aromatic rings. The van der Waals surface area contributed by atoms with Crippen molar-refractivity contribution in [3.05, 3.63) is 82.2 Å². The minimum Gasteiger partial charge on any atom is -0.398 e. The summed E-state index contributed by atoms with van der Waals surface area (Å²) in [5, 5.41) is 3.88. The second-order valence-electron chi connectivity index (χ2n) is 7.72. The molecule has 1 aromatic heterocycles. The summed E-state index contributed by atoms with van der Waals surface area (Å²) in [6.07, 6.45) is 4.93. The predicted molar refractivity (Wildman–Crippen MR) is 145 cm³/mol. The highest BCUT2D eigenvalue weighted by molar-refractivity contribution is 8.03. The molecule has 0 fully saturated rings. The number of nitrogens with zero attached hydrogens (tertiary/aromatic N) is 2. The Morgan fingerprint density at radius 3 is 2.79 bits per heavy atom. The molecule has 0 unspecified atom stereocenters. The van der Waals surface area contributed by atoms with Gasteiger partial charge in [-0.15, -0.1) is 4.57 Å². The molecular formula is C25H22ClN2O3S3+. The van der Waals surface area contributed by atoms with Crippen molar-refractivity contribution in [2.75, 3.05) is 10.8 Å². The molecule has 0 bridgehead atoms. The molecule has 0 amide bonds. The number of rotatable bonds is 7. The van der Waals surface area contributed by atoms with Gasteiger partial charge in [0.25, 0.3) is 5.52 Å². The number of fused-ring (bicyclic) bond motifs is 4. The van der Waals surface area contributed by atoms with Crippen molar-refractivity contribution >= 4 is 81.1 Å². The maximum atomic E-state index is 9.71. The lowest BCUT2D eigenvalue weighted by Crippen LogP contribution is -2.33. The highest BCUT2D eigenvalue weighted by Gasteiger charge is 2.27. The first-order valence-corrected chi connectivity index (χ1v) is 13.7. The van der Waals surface area contributed by atoms with Crippen LogP contribution in [0.3, 0.4) is 0 Å². The van der Waals surface area contributed by atoms with Gasteiger partial charge in [0.2, 0.25) is 11.5 Å². The maximum Gasteiger partial charge on any atom is 0.375 e. The Hall–Kier alpha value is -2.07. The van der Waals surface area contributed by atoms with Gasteiger partial charge in [-0.2, -0.15) is 0 Å². The number of hydrogen-bond donors (Lipinski definition) is 2. The second-order valence-corrected chi connectivity index (χ2v) is 10.2. The molecule has 1 aliphatic heterocycles. The highest BCUT2D eigenvalue weighted by atomic mass is 35.5. The Balaban J connectivity index is 1.60. The van der Waals surface area contributed by atoms with Gasteiger partial charge in [0.05, 0.1) is 40.1 Å². The van der Waals surface area contributed by atoms with Crippen LogP contribution >= 0.6 is 47.4 Å². The lowest BCUT2D eigenvalue weighted by molar-refractivity contribution is -0.656.